The highest BCUT2D eigenvalue weighted by Gasteiger charge is 2.19. The Balaban J connectivity index is 1.74. The summed E-state index contributed by atoms with van der Waals surface area (Å²) in [5.41, 5.74) is 3.72. The molecule has 6 nitrogen and oxygen atoms in total. The average molecular weight is 419 g/mol. The molecule has 0 radical (unpaired) electrons. The molecule has 1 N–H and O–H groups in total. The number of amides is 1. The molecule has 0 bridgehead atoms. The van der Waals surface area contributed by atoms with E-state index in [9.17, 15) is 13.2 Å². The van der Waals surface area contributed by atoms with Crippen LogP contribution in [0.1, 0.15) is 29.5 Å². The molecule has 7 heteroatoms. The Morgan fingerprint density at radius 1 is 1.10 bits per heavy atom. The predicted octanol–water partition coefficient (Wildman–Crippen LogP) is 3.18. The summed E-state index contributed by atoms with van der Waals surface area (Å²) in [6.45, 7) is 5.49. The number of carbonyl (C=O) groups excluding carboxylic acids is 1. The topological polar surface area (TPSA) is 75.7 Å². The van der Waals surface area contributed by atoms with Gasteiger partial charge in [0.25, 0.3) is 0 Å². The monoisotopic (exact) mass is 418 g/mol. The number of nitrogens with zero attached hydrogens (tertiary/aromatic N) is 1. The number of benzene rings is 2. The van der Waals surface area contributed by atoms with Gasteiger partial charge in [0.05, 0.1) is 25.2 Å². The molecule has 0 saturated carbocycles. The summed E-state index contributed by atoms with van der Waals surface area (Å²) < 4.78 is 31.3. The zero-order valence-electron chi connectivity index (χ0n) is 17.3. The van der Waals surface area contributed by atoms with E-state index < -0.39 is 10.0 Å². The molecule has 0 fully saturated rings. The third-order valence-corrected chi connectivity index (χ3v) is 5.65. The van der Waals surface area contributed by atoms with Gasteiger partial charge in [-0.3, -0.25) is 9.10 Å². The van der Waals surface area contributed by atoms with Crippen LogP contribution in [-0.2, 0) is 26.2 Å². The molecule has 0 aliphatic rings. The third-order valence-electron chi connectivity index (χ3n) is 4.47. The number of nitrogens with one attached hydrogen (secondary N) is 1. The second kappa shape index (κ2) is 11.0. The zero-order chi connectivity index (χ0) is 21.3. The van der Waals surface area contributed by atoms with Crippen molar-refractivity contribution in [3.8, 4) is 0 Å². The lowest BCUT2D eigenvalue weighted by molar-refractivity contribution is -0.121. The smallest absolute Gasteiger partial charge is 0.232 e. The second-order valence-corrected chi connectivity index (χ2v) is 9.02. The van der Waals surface area contributed by atoms with Crippen molar-refractivity contribution in [2.45, 2.75) is 33.3 Å². The Bertz CT molecular complexity index is 898. The Labute approximate surface area is 173 Å². The number of anilines is 1. The first-order valence-corrected chi connectivity index (χ1v) is 11.6. The van der Waals surface area contributed by atoms with Crippen molar-refractivity contribution in [3.63, 3.8) is 0 Å². The fourth-order valence-corrected chi connectivity index (χ4v) is 4.07. The van der Waals surface area contributed by atoms with E-state index in [1.54, 1.807) is 0 Å². The van der Waals surface area contributed by atoms with Crippen LogP contribution in [0.4, 0.5) is 5.69 Å². The summed E-state index contributed by atoms with van der Waals surface area (Å²) in [5.74, 6) is -0.109. The van der Waals surface area contributed by atoms with Gasteiger partial charge in [-0.15, -0.1) is 0 Å². The highest BCUT2D eigenvalue weighted by atomic mass is 32.2. The van der Waals surface area contributed by atoms with Gasteiger partial charge in [-0.2, -0.15) is 0 Å². The summed E-state index contributed by atoms with van der Waals surface area (Å²) >= 11 is 0. The van der Waals surface area contributed by atoms with Crippen molar-refractivity contribution in [3.05, 3.63) is 65.2 Å². The molecule has 2 rings (SSSR count). The molecule has 0 saturated heterocycles. The van der Waals surface area contributed by atoms with E-state index in [4.69, 9.17) is 4.74 Å². The highest BCUT2D eigenvalue weighted by molar-refractivity contribution is 7.92. The maximum Gasteiger partial charge on any atom is 0.232 e. The van der Waals surface area contributed by atoms with Crippen molar-refractivity contribution in [1.82, 2.24) is 5.32 Å². The van der Waals surface area contributed by atoms with Crippen LogP contribution in [0.5, 0.6) is 0 Å². The maximum atomic E-state index is 12.2. The number of sulfonamides is 1. The van der Waals surface area contributed by atoms with Gasteiger partial charge in [-0.25, -0.2) is 8.42 Å². The minimum atomic E-state index is -3.42. The first-order chi connectivity index (χ1) is 13.8. The van der Waals surface area contributed by atoms with Crippen molar-refractivity contribution in [2.24, 2.45) is 0 Å². The summed E-state index contributed by atoms with van der Waals surface area (Å²) in [6.07, 6.45) is 1.89. The van der Waals surface area contributed by atoms with Crippen LogP contribution in [0.25, 0.3) is 0 Å². The number of hydrogen-bond acceptors (Lipinski definition) is 4. The Morgan fingerprint density at radius 3 is 2.48 bits per heavy atom. The number of rotatable bonds is 11. The third kappa shape index (κ3) is 7.87. The number of hydrogen-bond donors (Lipinski definition) is 1. The lowest BCUT2D eigenvalue weighted by Gasteiger charge is -2.24. The van der Waals surface area contributed by atoms with Crippen molar-refractivity contribution >= 4 is 21.6 Å². The molecule has 1 amide bonds. The molecule has 0 spiro atoms. The lowest BCUT2D eigenvalue weighted by Crippen LogP contribution is -2.33. The van der Waals surface area contributed by atoms with Crippen molar-refractivity contribution in [2.75, 3.05) is 30.3 Å². The average Bonchev–Trinajstić information content (AvgIpc) is 2.66. The first kappa shape index (κ1) is 22.9. The SMILES string of the molecule is Cc1ccc(N(CCCC(=O)NCCOCc2ccccc2)S(C)(=O)=O)c(C)c1. The molecule has 0 aromatic heterocycles. The van der Waals surface area contributed by atoms with Gasteiger partial charge in [0.2, 0.25) is 15.9 Å². The minimum Gasteiger partial charge on any atom is -0.375 e. The minimum absolute atomic E-state index is 0.109. The largest absolute Gasteiger partial charge is 0.375 e. The molecule has 29 heavy (non-hydrogen) atoms. The van der Waals surface area contributed by atoms with E-state index in [1.807, 2.05) is 62.4 Å². The molecule has 0 aliphatic carbocycles. The molecule has 0 unspecified atom stereocenters. The molecule has 2 aromatic carbocycles. The van der Waals surface area contributed by atoms with Crippen molar-refractivity contribution < 1.29 is 17.9 Å². The second-order valence-electron chi connectivity index (χ2n) is 7.12. The van der Waals surface area contributed by atoms with E-state index in [-0.39, 0.29) is 18.9 Å². The Morgan fingerprint density at radius 2 is 1.83 bits per heavy atom. The standard InChI is InChI=1S/C22H30N2O4S/c1-18-11-12-21(19(2)16-18)24(29(3,26)27)14-7-10-22(25)23-13-15-28-17-20-8-5-4-6-9-20/h4-6,8-9,11-12,16H,7,10,13-15,17H2,1-3H3,(H,23,25). The first-order valence-electron chi connectivity index (χ1n) is 9.70. The van der Waals surface area contributed by atoms with Crippen LogP contribution in [0.15, 0.2) is 48.5 Å². The Kier molecular flexibility index (Phi) is 8.67. The summed E-state index contributed by atoms with van der Waals surface area (Å²) in [7, 11) is -3.42. The van der Waals surface area contributed by atoms with Gasteiger partial charge in [0, 0.05) is 19.5 Å². The van der Waals surface area contributed by atoms with Gasteiger partial charge in [-0.05, 0) is 37.5 Å². The summed E-state index contributed by atoms with van der Waals surface area (Å²) in [5, 5.41) is 2.81. The fraction of sp³-hybridized carbons (Fsp3) is 0.409. The summed E-state index contributed by atoms with van der Waals surface area (Å²) in [6, 6.07) is 15.5. The van der Waals surface area contributed by atoms with E-state index in [2.05, 4.69) is 5.32 Å². The number of ether oxygens (including phenoxy) is 1. The molecule has 0 atom stereocenters. The van der Waals surface area contributed by atoms with Gasteiger partial charge in [-0.1, -0.05) is 48.0 Å². The van der Waals surface area contributed by atoms with Crippen LogP contribution in [0.2, 0.25) is 0 Å². The number of aryl methyl sites for hydroxylation is 2. The van der Waals surface area contributed by atoms with Gasteiger partial charge in [0.15, 0.2) is 0 Å². The molecule has 0 heterocycles. The normalized spacial score (nSPS) is 11.3. The Hall–Kier alpha value is -2.38. The molecule has 2 aromatic rings. The van der Waals surface area contributed by atoms with E-state index in [0.29, 0.717) is 31.9 Å². The van der Waals surface area contributed by atoms with Crippen LogP contribution in [0, 0.1) is 13.8 Å². The predicted molar refractivity (Wildman–Crippen MR) is 116 cm³/mol. The van der Waals surface area contributed by atoms with Crippen molar-refractivity contribution in [1.29, 1.82) is 0 Å². The quantitative estimate of drug-likeness (QED) is 0.569. The lowest BCUT2D eigenvalue weighted by atomic mass is 10.1. The van der Waals surface area contributed by atoms with Crippen LogP contribution in [0.3, 0.4) is 0 Å². The van der Waals surface area contributed by atoms with E-state index in [0.717, 1.165) is 16.7 Å². The molecular weight excluding hydrogens is 388 g/mol. The summed E-state index contributed by atoms with van der Waals surface area (Å²) in [4.78, 5) is 12.0. The molecule has 0 aliphatic heterocycles. The highest BCUT2D eigenvalue weighted by Crippen LogP contribution is 2.24. The number of carbonyl (C=O) groups is 1. The van der Waals surface area contributed by atoms with Gasteiger partial charge >= 0.3 is 0 Å². The van der Waals surface area contributed by atoms with Gasteiger partial charge < -0.3 is 10.1 Å². The molecule has 158 valence electrons. The van der Waals surface area contributed by atoms with Crippen LogP contribution in [-0.4, -0.2) is 40.3 Å². The van der Waals surface area contributed by atoms with Crippen LogP contribution < -0.4 is 9.62 Å². The maximum absolute atomic E-state index is 12.2. The van der Waals surface area contributed by atoms with E-state index in [1.165, 1.54) is 10.6 Å². The van der Waals surface area contributed by atoms with Crippen LogP contribution >= 0.6 is 0 Å². The molecular formula is C22H30N2O4S. The van der Waals surface area contributed by atoms with E-state index >= 15 is 0 Å². The van der Waals surface area contributed by atoms with Gasteiger partial charge in [0.1, 0.15) is 0 Å². The fourth-order valence-electron chi connectivity index (χ4n) is 3.05. The zero-order valence-corrected chi connectivity index (χ0v) is 18.2.